The van der Waals surface area contributed by atoms with Crippen molar-refractivity contribution in [1.82, 2.24) is 14.8 Å². The molecule has 136 valence electrons. The van der Waals surface area contributed by atoms with Gasteiger partial charge in [-0.05, 0) is 25.0 Å². The Balaban J connectivity index is 2.82. The molecule has 1 heterocycles. The summed E-state index contributed by atoms with van der Waals surface area (Å²) in [6, 6.07) is 2.95. The molecule has 3 N–H and O–H groups in total. The molecular formula is C15H25N3O5S. The van der Waals surface area contributed by atoms with E-state index in [1.165, 1.54) is 12.3 Å². The number of unbranched alkanes of at least 4 members (excludes halogenated alkanes) is 2. The number of amides is 1. The second-order valence-corrected chi connectivity index (χ2v) is 7.38. The Morgan fingerprint density at radius 2 is 2.08 bits per heavy atom. The van der Waals surface area contributed by atoms with Crippen LogP contribution in [0, 0.1) is 12.8 Å². The highest BCUT2D eigenvalue weighted by Crippen LogP contribution is 2.16. The largest absolute Gasteiger partial charge is 0.377 e. The second kappa shape index (κ2) is 9.67. The predicted molar refractivity (Wildman–Crippen MR) is 87.5 cm³/mol. The van der Waals surface area contributed by atoms with E-state index in [1.54, 1.807) is 13.0 Å². The number of carbonyl (C=O) groups is 1. The standard InChI is InChI=1S/C15H25N3O5S/c1-3-4-5-6-13(10-18(21)11-19)15(20)17-24(22,23)14-8-7-12(2)9-16-14/h7-9,11,13,15,17,20-21H,3-6,10H2,1-2H3. The van der Waals surface area contributed by atoms with E-state index >= 15 is 0 Å². The highest BCUT2D eigenvalue weighted by Gasteiger charge is 2.27. The molecule has 8 nitrogen and oxygen atoms in total. The number of aryl methyl sites for hydroxylation is 1. The third-order valence-corrected chi connectivity index (χ3v) is 4.95. The van der Waals surface area contributed by atoms with Crippen LogP contribution in [0.1, 0.15) is 38.2 Å². The van der Waals surface area contributed by atoms with Crippen LogP contribution in [-0.4, -0.2) is 48.0 Å². The summed E-state index contributed by atoms with van der Waals surface area (Å²) in [4.78, 5) is 14.4. The van der Waals surface area contributed by atoms with Crippen LogP contribution in [0.3, 0.4) is 0 Å². The lowest BCUT2D eigenvalue weighted by molar-refractivity contribution is -0.155. The van der Waals surface area contributed by atoms with Crippen molar-refractivity contribution in [2.24, 2.45) is 5.92 Å². The zero-order valence-electron chi connectivity index (χ0n) is 13.9. The summed E-state index contributed by atoms with van der Waals surface area (Å²) in [7, 11) is -3.99. The van der Waals surface area contributed by atoms with Gasteiger partial charge in [0.05, 0.1) is 6.54 Å². The smallest absolute Gasteiger partial charge is 0.260 e. The Hall–Kier alpha value is -1.55. The monoisotopic (exact) mass is 359 g/mol. The molecule has 9 heteroatoms. The summed E-state index contributed by atoms with van der Waals surface area (Å²) >= 11 is 0. The highest BCUT2D eigenvalue weighted by molar-refractivity contribution is 7.89. The first-order valence-electron chi connectivity index (χ1n) is 7.84. The molecule has 0 radical (unpaired) electrons. The molecular weight excluding hydrogens is 334 g/mol. The number of aromatic nitrogens is 1. The predicted octanol–water partition coefficient (Wildman–Crippen LogP) is 1.03. The molecule has 0 bridgehead atoms. The summed E-state index contributed by atoms with van der Waals surface area (Å²) in [5, 5.41) is 19.8. The van der Waals surface area contributed by atoms with Gasteiger partial charge in [-0.3, -0.25) is 10.0 Å². The Bertz CT molecular complexity index is 606. The minimum atomic E-state index is -3.99. The van der Waals surface area contributed by atoms with E-state index in [9.17, 15) is 23.5 Å². The normalized spacial score (nSPS) is 14.2. The van der Waals surface area contributed by atoms with Gasteiger partial charge in [0.15, 0.2) is 5.03 Å². The first-order chi connectivity index (χ1) is 11.3. The lowest BCUT2D eigenvalue weighted by Crippen LogP contribution is -2.44. The Morgan fingerprint density at radius 1 is 1.38 bits per heavy atom. The molecule has 1 aromatic rings. The van der Waals surface area contributed by atoms with Gasteiger partial charge in [0.2, 0.25) is 6.41 Å². The van der Waals surface area contributed by atoms with Crippen LogP contribution in [0.2, 0.25) is 0 Å². The van der Waals surface area contributed by atoms with Crippen molar-refractivity contribution >= 4 is 16.4 Å². The summed E-state index contributed by atoms with van der Waals surface area (Å²) in [5.41, 5.74) is 0.814. The first kappa shape index (κ1) is 20.5. The molecule has 2 unspecified atom stereocenters. The highest BCUT2D eigenvalue weighted by atomic mass is 32.2. The molecule has 2 atom stereocenters. The molecule has 1 amide bonds. The van der Waals surface area contributed by atoms with Gasteiger partial charge in [0, 0.05) is 12.1 Å². The number of hydroxylamine groups is 2. The number of nitrogens with zero attached hydrogens (tertiary/aromatic N) is 2. The number of hydrogen-bond donors (Lipinski definition) is 3. The van der Waals surface area contributed by atoms with E-state index < -0.39 is 22.2 Å². The van der Waals surface area contributed by atoms with Crippen LogP contribution in [0.25, 0.3) is 0 Å². The van der Waals surface area contributed by atoms with Crippen LogP contribution in [0.5, 0.6) is 0 Å². The van der Waals surface area contributed by atoms with Gasteiger partial charge >= 0.3 is 0 Å². The summed E-state index contributed by atoms with van der Waals surface area (Å²) < 4.78 is 26.7. The molecule has 0 saturated heterocycles. The molecule has 1 rings (SSSR count). The summed E-state index contributed by atoms with van der Waals surface area (Å²) in [6.07, 6.45) is 3.26. The number of nitrogens with one attached hydrogen (secondary N) is 1. The third-order valence-electron chi connectivity index (χ3n) is 3.60. The maximum absolute atomic E-state index is 12.3. The number of hydrogen-bond acceptors (Lipinski definition) is 6. The summed E-state index contributed by atoms with van der Waals surface area (Å²) in [5.74, 6) is -0.632. The zero-order valence-corrected chi connectivity index (χ0v) is 14.7. The number of aliphatic hydroxyl groups excluding tert-OH is 1. The third kappa shape index (κ3) is 6.52. The van der Waals surface area contributed by atoms with E-state index in [1.807, 2.05) is 6.92 Å². The number of rotatable bonds is 11. The Labute approximate surface area is 142 Å². The molecule has 0 aromatic carbocycles. The fourth-order valence-corrected chi connectivity index (χ4v) is 3.29. The van der Waals surface area contributed by atoms with Crippen molar-refractivity contribution in [2.75, 3.05) is 6.54 Å². The fourth-order valence-electron chi connectivity index (χ4n) is 2.22. The molecule has 0 aliphatic heterocycles. The van der Waals surface area contributed by atoms with Crippen molar-refractivity contribution in [3.8, 4) is 0 Å². The average Bonchev–Trinajstić information content (AvgIpc) is 2.53. The van der Waals surface area contributed by atoms with E-state index in [0.29, 0.717) is 11.5 Å². The molecule has 0 fully saturated rings. The number of carbonyl (C=O) groups excluding carboxylic acids is 1. The van der Waals surface area contributed by atoms with Crippen molar-refractivity contribution in [2.45, 2.75) is 50.8 Å². The van der Waals surface area contributed by atoms with E-state index in [2.05, 4.69) is 9.71 Å². The minimum Gasteiger partial charge on any atom is -0.377 e. The number of pyridine rings is 1. The van der Waals surface area contributed by atoms with Crippen molar-refractivity contribution in [3.05, 3.63) is 23.9 Å². The topological polar surface area (TPSA) is 120 Å². The van der Waals surface area contributed by atoms with E-state index in [-0.39, 0.29) is 18.0 Å². The molecule has 0 aliphatic rings. The Morgan fingerprint density at radius 3 is 2.62 bits per heavy atom. The van der Waals surface area contributed by atoms with Crippen LogP contribution in [-0.2, 0) is 14.8 Å². The molecule has 0 spiro atoms. The van der Waals surface area contributed by atoms with Crippen molar-refractivity contribution in [3.63, 3.8) is 0 Å². The molecule has 0 aliphatic carbocycles. The van der Waals surface area contributed by atoms with Gasteiger partial charge < -0.3 is 5.11 Å². The van der Waals surface area contributed by atoms with Gasteiger partial charge in [0.25, 0.3) is 10.0 Å². The van der Waals surface area contributed by atoms with Crippen LogP contribution >= 0.6 is 0 Å². The van der Waals surface area contributed by atoms with Gasteiger partial charge in [0.1, 0.15) is 6.23 Å². The van der Waals surface area contributed by atoms with Crippen LogP contribution < -0.4 is 4.72 Å². The maximum atomic E-state index is 12.3. The molecule has 0 saturated carbocycles. The lowest BCUT2D eigenvalue weighted by atomic mass is 10.00. The minimum absolute atomic E-state index is 0.168. The average molecular weight is 359 g/mol. The first-order valence-corrected chi connectivity index (χ1v) is 9.32. The van der Waals surface area contributed by atoms with Gasteiger partial charge in [-0.1, -0.05) is 32.3 Å². The molecule has 24 heavy (non-hydrogen) atoms. The quantitative estimate of drug-likeness (QED) is 0.178. The van der Waals surface area contributed by atoms with Crippen LogP contribution in [0.4, 0.5) is 0 Å². The van der Waals surface area contributed by atoms with Crippen LogP contribution in [0.15, 0.2) is 23.4 Å². The van der Waals surface area contributed by atoms with Crippen molar-refractivity contribution < 1.29 is 23.5 Å². The van der Waals surface area contributed by atoms with Gasteiger partial charge in [-0.2, -0.15) is 4.72 Å². The van der Waals surface area contributed by atoms with E-state index in [0.717, 1.165) is 24.8 Å². The number of aliphatic hydroxyl groups is 1. The number of sulfonamides is 1. The van der Waals surface area contributed by atoms with E-state index in [4.69, 9.17) is 0 Å². The molecule has 1 aromatic heterocycles. The van der Waals surface area contributed by atoms with Gasteiger partial charge in [-0.15, -0.1) is 0 Å². The lowest BCUT2D eigenvalue weighted by Gasteiger charge is -2.25. The second-order valence-electron chi connectivity index (χ2n) is 5.72. The van der Waals surface area contributed by atoms with Gasteiger partial charge in [-0.25, -0.2) is 18.5 Å². The summed E-state index contributed by atoms with van der Waals surface area (Å²) in [6.45, 7) is 3.63. The SMILES string of the molecule is CCCCCC(CN(O)C=O)C(O)NS(=O)(=O)c1ccc(C)cn1. The zero-order chi connectivity index (χ0) is 18.2. The fraction of sp³-hybridized carbons (Fsp3) is 0.600. The Kier molecular flexibility index (Phi) is 8.26. The maximum Gasteiger partial charge on any atom is 0.260 e. The van der Waals surface area contributed by atoms with Crippen molar-refractivity contribution in [1.29, 1.82) is 0 Å².